The quantitative estimate of drug-likeness (QED) is 0.412. The lowest BCUT2D eigenvalue weighted by Crippen LogP contribution is -2.54. The minimum Gasteiger partial charge on any atom is -0.483 e. The van der Waals surface area contributed by atoms with E-state index in [1.807, 2.05) is 32.0 Å². The summed E-state index contributed by atoms with van der Waals surface area (Å²) in [6, 6.07) is 11.4. The summed E-state index contributed by atoms with van der Waals surface area (Å²) in [5.41, 5.74) is 3.17. The summed E-state index contributed by atoms with van der Waals surface area (Å²) in [7, 11) is 0. The van der Waals surface area contributed by atoms with Crippen molar-refractivity contribution in [3.8, 4) is 5.75 Å². The first-order valence-electron chi connectivity index (χ1n) is 11.7. The Hall–Kier alpha value is -3.46. The first-order valence-corrected chi connectivity index (χ1v) is 12.5. The minimum atomic E-state index is -0.445. The number of urea groups is 1. The Kier molecular flexibility index (Phi) is 7.97. The number of rotatable bonds is 7. The molecule has 1 aromatic heterocycles. The number of ether oxygens (including phenoxy) is 1. The summed E-state index contributed by atoms with van der Waals surface area (Å²) in [6.07, 6.45) is 3.51. The van der Waals surface area contributed by atoms with Crippen LogP contribution in [0.4, 0.5) is 14.9 Å². The van der Waals surface area contributed by atoms with Gasteiger partial charge >= 0.3 is 6.03 Å². The molecule has 0 radical (unpaired) electrons. The van der Waals surface area contributed by atoms with Crippen LogP contribution in [0.5, 0.6) is 5.75 Å². The van der Waals surface area contributed by atoms with Crippen LogP contribution in [0.15, 0.2) is 47.8 Å². The highest BCUT2D eigenvalue weighted by molar-refractivity contribution is 7.09. The Morgan fingerprint density at radius 2 is 1.83 bits per heavy atom. The van der Waals surface area contributed by atoms with Crippen molar-refractivity contribution in [3.05, 3.63) is 75.5 Å². The van der Waals surface area contributed by atoms with Crippen LogP contribution in [0.25, 0.3) is 0 Å². The van der Waals surface area contributed by atoms with E-state index in [2.05, 4.69) is 20.9 Å². The number of benzene rings is 2. The SMILES string of the molecule is Cc1ccc(NC(=O)N[C@H]2CCCC[C@H]2NC(=O)c2csc(COc3ccccc3F)n2)c(C)c1. The number of nitrogens with zero attached hydrogens (tertiary/aromatic N) is 1. The molecule has 3 aromatic rings. The number of carbonyl (C=O) groups excluding carboxylic acids is 2. The lowest BCUT2D eigenvalue weighted by molar-refractivity contribution is 0.0911. The Labute approximate surface area is 208 Å². The van der Waals surface area contributed by atoms with E-state index in [-0.39, 0.29) is 42.1 Å². The molecule has 0 aliphatic heterocycles. The van der Waals surface area contributed by atoms with Crippen molar-refractivity contribution in [1.82, 2.24) is 15.6 Å². The van der Waals surface area contributed by atoms with E-state index in [1.54, 1.807) is 23.6 Å². The number of para-hydroxylation sites is 1. The summed E-state index contributed by atoms with van der Waals surface area (Å²) >= 11 is 1.28. The molecule has 1 heterocycles. The van der Waals surface area contributed by atoms with Gasteiger partial charge in [0.1, 0.15) is 17.3 Å². The number of hydrogen-bond acceptors (Lipinski definition) is 5. The minimum absolute atomic E-state index is 0.0745. The fraction of sp³-hybridized carbons (Fsp3) is 0.346. The first-order chi connectivity index (χ1) is 16.9. The number of thiazole rings is 1. The third-order valence-electron chi connectivity index (χ3n) is 6.00. The van der Waals surface area contributed by atoms with Crippen LogP contribution in [0.1, 0.15) is 52.3 Å². The van der Waals surface area contributed by atoms with Crippen molar-refractivity contribution in [2.45, 2.75) is 58.2 Å². The van der Waals surface area contributed by atoms with Crippen molar-refractivity contribution in [2.24, 2.45) is 0 Å². The van der Waals surface area contributed by atoms with Crippen molar-refractivity contribution in [3.63, 3.8) is 0 Å². The highest BCUT2D eigenvalue weighted by Gasteiger charge is 2.29. The van der Waals surface area contributed by atoms with Gasteiger partial charge in [0.05, 0.1) is 6.04 Å². The Morgan fingerprint density at radius 1 is 1.09 bits per heavy atom. The molecule has 0 spiro atoms. The van der Waals surface area contributed by atoms with Gasteiger partial charge in [-0.15, -0.1) is 11.3 Å². The average molecular weight is 497 g/mol. The molecule has 184 valence electrons. The van der Waals surface area contributed by atoms with Gasteiger partial charge in [0.15, 0.2) is 11.6 Å². The summed E-state index contributed by atoms with van der Waals surface area (Å²) in [5.74, 6) is -0.602. The van der Waals surface area contributed by atoms with Crippen LogP contribution in [0.2, 0.25) is 0 Å². The molecule has 1 aliphatic carbocycles. The maximum Gasteiger partial charge on any atom is 0.319 e. The Bertz CT molecular complexity index is 1200. The molecule has 7 nitrogen and oxygen atoms in total. The number of carbonyl (C=O) groups is 2. The van der Waals surface area contributed by atoms with Crippen molar-refractivity contribution >= 4 is 29.0 Å². The monoisotopic (exact) mass is 496 g/mol. The predicted molar refractivity (Wildman–Crippen MR) is 134 cm³/mol. The number of anilines is 1. The maximum absolute atomic E-state index is 13.7. The number of hydrogen-bond donors (Lipinski definition) is 3. The fourth-order valence-corrected chi connectivity index (χ4v) is 4.87. The molecule has 2 atom stereocenters. The van der Waals surface area contributed by atoms with E-state index >= 15 is 0 Å². The van der Waals surface area contributed by atoms with E-state index in [4.69, 9.17) is 4.74 Å². The van der Waals surface area contributed by atoms with Crippen LogP contribution in [-0.4, -0.2) is 29.0 Å². The molecular weight excluding hydrogens is 467 g/mol. The summed E-state index contributed by atoms with van der Waals surface area (Å²) in [4.78, 5) is 29.8. The molecule has 35 heavy (non-hydrogen) atoms. The standard InChI is InChI=1S/C26H29FN4O3S/c1-16-11-12-19(17(2)13-16)30-26(33)31-21-9-5-4-8-20(21)29-25(32)22-15-35-24(28-22)14-34-23-10-6-3-7-18(23)27/h3,6-7,10-13,15,20-21H,4-5,8-9,14H2,1-2H3,(H,29,32)(H2,30,31,33)/t20-,21+/m1/s1. The van der Waals surface area contributed by atoms with Gasteiger partial charge in [0.2, 0.25) is 0 Å². The van der Waals surface area contributed by atoms with Crippen molar-refractivity contribution < 1.29 is 18.7 Å². The normalized spacial score (nSPS) is 17.5. The van der Waals surface area contributed by atoms with Crippen LogP contribution in [0, 0.1) is 19.7 Å². The van der Waals surface area contributed by atoms with E-state index in [0.29, 0.717) is 5.01 Å². The molecule has 1 aliphatic rings. The second-order valence-corrected chi connectivity index (χ2v) is 9.68. The Morgan fingerprint density at radius 3 is 2.57 bits per heavy atom. The van der Waals surface area contributed by atoms with Gasteiger partial charge in [-0.2, -0.15) is 0 Å². The van der Waals surface area contributed by atoms with E-state index in [9.17, 15) is 14.0 Å². The summed E-state index contributed by atoms with van der Waals surface area (Å²) in [5, 5.41) is 11.2. The number of nitrogens with one attached hydrogen (secondary N) is 3. The lowest BCUT2D eigenvalue weighted by Gasteiger charge is -2.32. The predicted octanol–water partition coefficient (Wildman–Crippen LogP) is 5.34. The van der Waals surface area contributed by atoms with E-state index < -0.39 is 5.82 Å². The van der Waals surface area contributed by atoms with Gasteiger partial charge in [0.25, 0.3) is 5.91 Å². The third-order valence-corrected chi connectivity index (χ3v) is 6.82. The highest BCUT2D eigenvalue weighted by atomic mass is 32.1. The topological polar surface area (TPSA) is 92.4 Å². The van der Waals surface area contributed by atoms with Crippen LogP contribution >= 0.6 is 11.3 Å². The van der Waals surface area contributed by atoms with Crippen LogP contribution in [0.3, 0.4) is 0 Å². The number of amides is 3. The Balaban J connectivity index is 1.32. The van der Waals surface area contributed by atoms with Gasteiger partial charge in [-0.3, -0.25) is 4.79 Å². The molecule has 1 fully saturated rings. The molecule has 1 saturated carbocycles. The molecule has 0 saturated heterocycles. The van der Waals surface area contributed by atoms with E-state index in [0.717, 1.165) is 42.5 Å². The maximum atomic E-state index is 13.7. The van der Waals surface area contributed by atoms with Crippen molar-refractivity contribution in [2.75, 3.05) is 5.32 Å². The summed E-state index contributed by atoms with van der Waals surface area (Å²) in [6.45, 7) is 4.04. The van der Waals surface area contributed by atoms with Gasteiger partial charge in [-0.05, 0) is 50.5 Å². The van der Waals surface area contributed by atoms with Gasteiger partial charge in [-0.25, -0.2) is 14.2 Å². The lowest BCUT2D eigenvalue weighted by atomic mass is 9.90. The molecule has 2 aromatic carbocycles. The molecule has 0 unspecified atom stereocenters. The van der Waals surface area contributed by atoms with Gasteiger partial charge in [0, 0.05) is 17.1 Å². The molecule has 0 bridgehead atoms. The zero-order chi connectivity index (χ0) is 24.8. The average Bonchev–Trinajstić information content (AvgIpc) is 3.31. The third kappa shape index (κ3) is 6.57. The zero-order valence-corrected chi connectivity index (χ0v) is 20.6. The summed E-state index contributed by atoms with van der Waals surface area (Å²) < 4.78 is 19.2. The van der Waals surface area contributed by atoms with E-state index in [1.165, 1.54) is 17.4 Å². The molecule has 3 amide bonds. The highest BCUT2D eigenvalue weighted by Crippen LogP contribution is 2.22. The second-order valence-electron chi connectivity index (χ2n) is 8.73. The number of halogens is 1. The molecule has 9 heteroatoms. The van der Waals surface area contributed by atoms with Crippen molar-refractivity contribution in [1.29, 1.82) is 0 Å². The molecule has 3 N–H and O–H groups in total. The number of aryl methyl sites for hydroxylation is 2. The first kappa shape index (κ1) is 24.7. The number of aromatic nitrogens is 1. The fourth-order valence-electron chi connectivity index (χ4n) is 4.18. The van der Waals surface area contributed by atoms with Crippen LogP contribution < -0.4 is 20.7 Å². The second kappa shape index (κ2) is 11.3. The zero-order valence-electron chi connectivity index (χ0n) is 19.8. The van der Waals surface area contributed by atoms with Crippen LogP contribution in [-0.2, 0) is 6.61 Å². The van der Waals surface area contributed by atoms with Gasteiger partial charge < -0.3 is 20.7 Å². The molecular formula is C26H29FN4O3S. The smallest absolute Gasteiger partial charge is 0.319 e. The molecule has 4 rings (SSSR count). The largest absolute Gasteiger partial charge is 0.483 e. The van der Waals surface area contributed by atoms with Gasteiger partial charge in [-0.1, -0.05) is 42.7 Å².